The molecule has 0 unspecified atom stereocenters. The van der Waals surface area contributed by atoms with Crippen LogP contribution in [-0.4, -0.2) is 21.8 Å². The van der Waals surface area contributed by atoms with Crippen LogP contribution in [0.15, 0.2) is 54.6 Å². The number of halogens is 3. The second-order valence-corrected chi connectivity index (χ2v) is 7.50. The lowest BCUT2D eigenvalue weighted by atomic mass is 10.1. The van der Waals surface area contributed by atoms with Gasteiger partial charge in [-0.25, -0.2) is 0 Å². The second kappa shape index (κ2) is 8.43. The molecule has 2 amide bonds. The number of hydrogen-bond acceptors (Lipinski definition) is 3. The molecule has 0 aliphatic heterocycles. The standard InChI is InChI=1S/C17H15Cl3N2O3/c18-17(19,20)16(22-14(23)10-11-6-2-1-3-7-11)25-13-9-5-4-8-12(13)15(21)24/h1-9,16H,10H2,(H2,21,24)(H,22,23)/t16-/m1/s1. The highest BCUT2D eigenvalue weighted by Crippen LogP contribution is 2.33. The van der Waals surface area contributed by atoms with Crippen molar-refractivity contribution in [1.82, 2.24) is 5.32 Å². The molecule has 2 aromatic carbocycles. The molecule has 0 radical (unpaired) electrons. The zero-order valence-electron chi connectivity index (χ0n) is 12.9. The average molecular weight is 402 g/mol. The first-order chi connectivity index (χ1) is 11.8. The van der Waals surface area contributed by atoms with Gasteiger partial charge >= 0.3 is 0 Å². The Morgan fingerprint density at radius 3 is 2.24 bits per heavy atom. The zero-order chi connectivity index (χ0) is 18.4. The van der Waals surface area contributed by atoms with E-state index in [1.54, 1.807) is 24.3 Å². The number of primary amides is 1. The molecular weight excluding hydrogens is 387 g/mol. The van der Waals surface area contributed by atoms with Crippen molar-refractivity contribution in [2.24, 2.45) is 5.73 Å². The summed E-state index contributed by atoms with van der Waals surface area (Å²) in [6, 6.07) is 15.3. The Kier molecular flexibility index (Phi) is 6.53. The molecule has 2 aromatic rings. The molecule has 0 aromatic heterocycles. The summed E-state index contributed by atoms with van der Waals surface area (Å²) in [5.41, 5.74) is 6.20. The lowest BCUT2D eigenvalue weighted by Gasteiger charge is -2.27. The molecule has 8 heteroatoms. The van der Waals surface area contributed by atoms with E-state index in [1.807, 2.05) is 18.2 Å². The van der Waals surface area contributed by atoms with E-state index < -0.39 is 21.8 Å². The Labute approximate surface area is 160 Å². The van der Waals surface area contributed by atoms with E-state index in [9.17, 15) is 9.59 Å². The predicted octanol–water partition coefficient (Wildman–Crippen LogP) is 3.22. The molecule has 0 saturated heterocycles. The van der Waals surface area contributed by atoms with Crippen LogP contribution < -0.4 is 15.8 Å². The maximum absolute atomic E-state index is 12.2. The monoisotopic (exact) mass is 400 g/mol. The minimum absolute atomic E-state index is 0.0823. The summed E-state index contributed by atoms with van der Waals surface area (Å²) in [6.45, 7) is 0. The molecule has 0 heterocycles. The van der Waals surface area contributed by atoms with Crippen LogP contribution >= 0.6 is 34.8 Å². The quantitative estimate of drug-likeness (QED) is 0.576. The van der Waals surface area contributed by atoms with Gasteiger partial charge < -0.3 is 15.8 Å². The largest absolute Gasteiger partial charge is 0.465 e. The van der Waals surface area contributed by atoms with E-state index in [4.69, 9.17) is 45.3 Å². The Balaban J connectivity index is 2.15. The van der Waals surface area contributed by atoms with Gasteiger partial charge in [0.25, 0.3) is 5.91 Å². The lowest BCUT2D eigenvalue weighted by Crippen LogP contribution is -2.48. The third-order valence-corrected chi connectivity index (χ3v) is 3.79. The van der Waals surface area contributed by atoms with Crippen LogP contribution in [0.1, 0.15) is 15.9 Å². The molecule has 1 atom stereocenters. The summed E-state index contributed by atoms with van der Waals surface area (Å²) in [7, 11) is 0. The summed E-state index contributed by atoms with van der Waals surface area (Å²) < 4.78 is 3.59. The van der Waals surface area contributed by atoms with Crippen molar-refractivity contribution in [1.29, 1.82) is 0 Å². The smallest absolute Gasteiger partial charge is 0.252 e. The van der Waals surface area contributed by atoms with Crippen LogP contribution in [0.4, 0.5) is 0 Å². The van der Waals surface area contributed by atoms with Crippen molar-refractivity contribution in [3.63, 3.8) is 0 Å². The third-order valence-electron chi connectivity index (χ3n) is 3.19. The highest BCUT2D eigenvalue weighted by Gasteiger charge is 2.36. The minimum Gasteiger partial charge on any atom is -0.465 e. The molecule has 0 spiro atoms. The number of ether oxygens (including phenoxy) is 1. The Morgan fingerprint density at radius 1 is 1.04 bits per heavy atom. The third kappa shape index (κ3) is 5.81. The normalized spacial score (nSPS) is 12.3. The van der Waals surface area contributed by atoms with E-state index in [2.05, 4.69) is 5.32 Å². The summed E-state index contributed by atoms with van der Waals surface area (Å²) in [5, 5.41) is 2.51. The fraction of sp³-hybridized carbons (Fsp3) is 0.176. The van der Waals surface area contributed by atoms with E-state index in [-0.39, 0.29) is 17.7 Å². The molecule has 132 valence electrons. The van der Waals surface area contributed by atoms with Gasteiger partial charge in [-0.2, -0.15) is 0 Å². The van der Waals surface area contributed by atoms with Gasteiger partial charge in [-0.15, -0.1) is 0 Å². The molecule has 5 nitrogen and oxygen atoms in total. The highest BCUT2D eigenvalue weighted by molar-refractivity contribution is 6.68. The predicted molar refractivity (Wildman–Crippen MR) is 98.0 cm³/mol. The number of alkyl halides is 3. The fourth-order valence-electron chi connectivity index (χ4n) is 2.06. The van der Waals surface area contributed by atoms with Crippen LogP contribution in [0.2, 0.25) is 0 Å². The van der Waals surface area contributed by atoms with Crippen LogP contribution in [0.25, 0.3) is 0 Å². The number of nitrogens with two attached hydrogens (primary N) is 1. The first-order valence-electron chi connectivity index (χ1n) is 7.23. The van der Waals surface area contributed by atoms with Crippen molar-refractivity contribution in [2.75, 3.05) is 0 Å². The summed E-state index contributed by atoms with van der Waals surface area (Å²) in [4.78, 5) is 23.7. The van der Waals surface area contributed by atoms with Crippen molar-refractivity contribution in [3.8, 4) is 5.75 Å². The van der Waals surface area contributed by atoms with E-state index in [1.165, 1.54) is 12.1 Å². The fourth-order valence-corrected chi connectivity index (χ4v) is 2.35. The minimum atomic E-state index is -1.96. The van der Waals surface area contributed by atoms with Gasteiger partial charge in [0, 0.05) is 0 Å². The molecular formula is C17H15Cl3N2O3. The first-order valence-corrected chi connectivity index (χ1v) is 8.36. The molecule has 3 N–H and O–H groups in total. The number of amides is 2. The Bertz CT molecular complexity index is 748. The van der Waals surface area contributed by atoms with Crippen molar-refractivity contribution in [3.05, 3.63) is 65.7 Å². The topological polar surface area (TPSA) is 81.4 Å². The van der Waals surface area contributed by atoms with Crippen molar-refractivity contribution >= 4 is 46.6 Å². The highest BCUT2D eigenvalue weighted by atomic mass is 35.6. The van der Waals surface area contributed by atoms with Gasteiger partial charge in [-0.1, -0.05) is 77.3 Å². The summed E-state index contributed by atoms with van der Waals surface area (Å²) in [5.74, 6) is -1.00. The molecule has 2 rings (SSSR count). The molecule has 0 saturated carbocycles. The molecule has 0 fully saturated rings. The molecule has 0 aliphatic carbocycles. The zero-order valence-corrected chi connectivity index (χ0v) is 15.2. The van der Waals surface area contributed by atoms with Crippen LogP contribution in [0.3, 0.4) is 0 Å². The first kappa shape index (κ1) is 19.4. The van der Waals surface area contributed by atoms with Crippen LogP contribution in [0.5, 0.6) is 5.75 Å². The number of para-hydroxylation sites is 1. The average Bonchev–Trinajstić information content (AvgIpc) is 2.54. The number of nitrogens with one attached hydrogen (secondary N) is 1. The van der Waals surface area contributed by atoms with Crippen molar-refractivity contribution < 1.29 is 14.3 Å². The Hall–Kier alpha value is -1.95. The van der Waals surface area contributed by atoms with Gasteiger partial charge in [0.2, 0.25) is 15.9 Å². The maximum Gasteiger partial charge on any atom is 0.252 e. The summed E-state index contributed by atoms with van der Waals surface area (Å²) in [6.07, 6.45) is -1.23. The lowest BCUT2D eigenvalue weighted by molar-refractivity contribution is -0.122. The SMILES string of the molecule is NC(=O)c1ccccc1O[C@@H](NC(=O)Cc1ccccc1)C(Cl)(Cl)Cl. The van der Waals surface area contributed by atoms with Crippen LogP contribution in [0, 0.1) is 0 Å². The number of hydrogen-bond donors (Lipinski definition) is 2. The van der Waals surface area contributed by atoms with E-state index in [0.717, 1.165) is 5.56 Å². The van der Waals surface area contributed by atoms with Gasteiger partial charge in [-0.3, -0.25) is 9.59 Å². The number of carbonyl (C=O) groups is 2. The van der Waals surface area contributed by atoms with Gasteiger partial charge in [0.15, 0.2) is 0 Å². The second-order valence-electron chi connectivity index (χ2n) is 5.13. The maximum atomic E-state index is 12.2. The molecule has 0 bridgehead atoms. The van der Waals surface area contributed by atoms with E-state index in [0.29, 0.717) is 0 Å². The van der Waals surface area contributed by atoms with E-state index >= 15 is 0 Å². The molecule has 0 aliphatic rings. The van der Waals surface area contributed by atoms with Gasteiger partial charge in [0.1, 0.15) is 5.75 Å². The van der Waals surface area contributed by atoms with Gasteiger partial charge in [0.05, 0.1) is 12.0 Å². The number of carbonyl (C=O) groups excluding carboxylic acids is 2. The number of rotatable bonds is 6. The molecule has 25 heavy (non-hydrogen) atoms. The summed E-state index contributed by atoms with van der Waals surface area (Å²) >= 11 is 17.7. The Morgan fingerprint density at radius 2 is 1.64 bits per heavy atom. The van der Waals surface area contributed by atoms with Gasteiger partial charge in [-0.05, 0) is 17.7 Å². The van der Waals surface area contributed by atoms with Crippen LogP contribution in [-0.2, 0) is 11.2 Å². The number of benzene rings is 2. The van der Waals surface area contributed by atoms with Crippen molar-refractivity contribution in [2.45, 2.75) is 16.4 Å².